The molecule has 19 heavy (non-hydrogen) atoms. The first-order valence-electron chi connectivity index (χ1n) is 5.46. The summed E-state index contributed by atoms with van der Waals surface area (Å²) in [5.41, 5.74) is 1.28. The van der Waals surface area contributed by atoms with Crippen LogP contribution in [-0.4, -0.2) is 7.11 Å². The Morgan fingerprint density at radius 1 is 1.11 bits per heavy atom. The molecule has 0 aliphatic heterocycles. The first-order valence-corrected chi connectivity index (χ1v) is 7.17. The lowest BCUT2D eigenvalue weighted by atomic mass is 10.0. The molecule has 0 heterocycles. The Bertz CT molecular complexity index is 602. The Balaban J connectivity index is 2.52. The lowest BCUT2D eigenvalue weighted by Gasteiger charge is -2.16. The molecule has 0 saturated carbocycles. The van der Waals surface area contributed by atoms with Crippen LogP contribution in [0.25, 0.3) is 0 Å². The van der Waals surface area contributed by atoms with Gasteiger partial charge in [0.05, 0.1) is 16.4 Å². The van der Waals surface area contributed by atoms with E-state index in [1.165, 1.54) is 25.3 Å². The molecule has 2 rings (SSSR count). The fourth-order valence-electron chi connectivity index (χ4n) is 1.79. The number of hydrogen-bond acceptors (Lipinski definition) is 1. The van der Waals surface area contributed by atoms with Gasteiger partial charge in [0.2, 0.25) is 0 Å². The van der Waals surface area contributed by atoms with Crippen molar-refractivity contribution in [2.24, 2.45) is 0 Å². The summed E-state index contributed by atoms with van der Waals surface area (Å²) in [6, 6.07) is 8.97. The second kappa shape index (κ2) is 6.01. The van der Waals surface area contributed by atoms with Crippen LogP contribution in [0.15, 0.2) is 40.9 Å². The van der Waals surface area contributed by atoms with Gasteiger partial charge >= 0.3 is 0 Å². The highest BCUT2D eigenvalue weighted by Gasteiger charge is 2.19. The first-order chi connectivity index (χ1) is 9.04. The van der Waals surface area contributed by atoms with E-state index in [9.17, 15) is 8.78 Å². The van der Waals surface area contributed by atoms with E-state index in [0.29, 0.717) is 21.3 Å². The molecule has 1 unspecified atom stereocenters. The van der Waals surface area contributed by atoms with Crippen molar-refractivity contribution in [1.82, 2.24) is 0 Å². The molecule has 100 valence electrons. The molecular formula is C14H10Br2F2O. The van der Waals surface area contributed by atoms with Crippen molar-refractivity contribution >= 4 is 31.9 Å². The van der Waals surface area contributed by atoms with Crippen molar-refractivity contribution in [3.8, 4) is 5.75 Å². The van der Waals surface area contributed by atoms with Gasteiger partial charge < -0.3 is 4.74 Å². The van der Waals surface area contributed by atoms with Gasteiger partial charge in [0.1, 0.15) is 17.4 Å². The van der Waals surface area contributed by atoms with Gasteiger partial charge in [0.15, 0.2) is 0 Å². The van der Waals surface area contributed by atoms with Gasteiger partial charge in [-0.25, -0.2) is 8.78 Å². The molecule has 1 nitrogen and oxygen atoms in total. The van der Waals surface area contributed by atoms with Gasteiger partial charge in [0, 0.05) is 5.56 Å². The molecule has 0 aliphatic rings. The van der Waals surface area contributed by atoms with Gasteiger partial charge in [-0.05, 0) is 45.8 Å². The highest BCUT2D eigenvalue weighted by atomic mass is 79.9. The quantitative estimate of drug-likeness (QED) is 0.651. The lowest BCUT2D eigenvalue weighted by Crippen LogP contribution is -2.00. The molecule has 0 saturated heterocycles. The Morgan fingerprint density at radius 2 is 1.84 bits per heavy atom. The molecule has 0 amide bonds. The standard InChI is InChI=1S/C14H10Br2F2O/c1-19-12-6-5-8(17)7-10(12)13(15)9-3-2-4-11(18)14(9)16/h2-7,13H,1H3. The van der Waals surface area contributed by atoms with E-state index in [0.717, 1.165) is 0 Å². The van der Waals surface area contributed by atoms with Crippen LogP contribution >= 0.6 is 31.9 Å². The number of halogens is 4. The summed E-state index contributed by atoms with van der Waals surface area (Å²) in [5.74, 6) is -0.190. The second-order valence-corrected chi connectivity index (χ2v) is 5.60. The highest BCUT2D eigenvalue weighted by molar-refractivity contribution is 9.11. The van der Waals surface area contributed by atoms with Crippen LogP contribution in [0.3, 0.4) is 0 Å². The van der Waals surface area contributed by atoms with Crippen molar-refractivity contribution in [2.45, 2.75) is 4.83 Å². The van der Waals surface area contributed by atoms with E-state index in [1.807, 2.05) is 0 Å². The molecule has 0 fully saturated rings. The molecular weight excluding hydrogens is 382 g/mol. The van der Waals surface area contributed by atoms with Crippen molar-refractivity contribution in [3.63, 3.8) is 0 Å². The lowest BCUT2D eigenvalue weighted by molar-refractivity contribution is 0.409. The third-order valence-corrected chi connectivity index (χ3v) is 4.54. The van der Waals surface area contributed by atoms with Crippen molar-refractivity contribution < 1.29 is 13.5 Å². The molecule has 0 aliphatic carbocycles. The van der Waals surface area contributed by atoms with Crippen molar-refractivity contribution in [3.05, 3.63) is 63.6 Å². The molecule has 1 atom stereocenters. The zero-order valence-corrected chi connectivity index (χ0v) is 13.1. The average Bonchev–Trinajstić information content (AvgIpc) is 2.41. The molecule has 5 heteroatoms. The second-order valence-electron chi connectivity index (χ2n) is 3.89. The number of alkyl halides is 1. The minimum Gasteiger partial charge on any atom is -0.496 e. The number of methoxy groups -OCH3 is 1. The number of ether oxygens (including phenoxy) is 1. The molecule has 0 N–H and O–H groups in total. The van der Waals surface area contributed by atoms with Gasteiger partial charge in [-0.3, -0.25) is 0 Å². The topological polar surface area (TPSA) is 9.23 Å². The van der Waals surface area contributed by atoms with Gasteiger partial charge in [-0.1, -0.05) is 28.1 Å². The maximum atomic E-state index is 13.5. The smallest absolute Gasteiger partial charge is 0.137 e. The molecule has 0 radical (unpaired) electrons. The molecule has 2 aromatic rings. The monoisotopic (exact) mass is 390 g/mol. The summed E-state index contributed by atoms with van der Waals surface area (Å²) in [6.07, 6.45) is 0. The fourth-order valence-corrected chi connectivity index (χ4v) is 3.33. The van der Waals surface area contributed by atoms with E-state index < -0.39 is 0 Å². The molecule has 0 spiro atoms. The normalized spacial score (nSPS) is 12.3. The highest BCUT2D eigenvalue weighted by Crippen LogP contribution is 2.40. The minimum absolute atomic E-state index is 0.350. The third kappa shape index (κ3) is 2.98. The third-order valence-electron chi connectivity index (χ3n) is 2.72. The van der Waals surface area contributed by atoms with E-state index in [2.05, 4.69) is 31.9 Å². The average molecular weight is 392 g/mol. The Hall–Kier alpha value is -0.940. The van der Waals surface area contributed by atoms with Gasteiger partial charge in [0.25, 0.3) is 0 Å². The maximum absolute atomic E-state index is 13.5. The van der Waals surface area contributed by atoms with Crippen LogP contribution in [0.4, 0.5) is 8.78 Å². The Morgan fingerprint density at radius 3 is 2.53 bits per heavy atom. The van der Waals surface area contributed by atoms with Crippen LogP contribution < -0.4 is 4.74 Å². The van der Waals surface area contributed by atoms with Crippen LogP contribution in [0.5, 0.6) is 5.75 Å². The van der Waals surface area contributed by atoms with E-state index >= 15 is 0 Å². The van der Waals surface area contributed by atoms with E-state index in [1.54, 1.807) is 18.2 Å². The number of hydrogen-bond donors (Lipinski definition) is 0. The molecule has 0 bridgehead atoms. The number of benzene rings is 2. The first kappa shape index (κ1) is 14.5. The largest absolute Gasteiger partial charge is 0.496 e. The summed E-state index contributed by atoms with van der Waals surface area (Å²) in [7, 11) is 1.51. The summed E-state index contributed by atoms with van der Waals surface area (Å²) < 4.78 is 32.5. The van der Waals surface area contributed by atoms with E-state index in [-0.39, 0.29) is 16.5 Å². The fraction of sp³-hybridized carbons (Fsp3) is 0.143. The minimum atomic E-state index is -0.372. The zero-order valence-electron chi connectivity index (χ0n) is 9.96. The molecule has 2 aromatic carbocycles. The summed E-state index contributed by atoms with van der Waals surface area (Å²) in [4.78, 5) is -0.372. The summed E-state index contributed by atoms with van der Waals surface area (Å²) in [6.45, 7) is 0. The Kier molecular flexibility index (Phi) is 4.58. The zero-order chi connectivity index (χ0) is 14.0. The van der Waals surface area contributed by atoms with Gasteiger partial charge in [-0.15, -0.1) is 0 Å². The van der Waals surface area contributed by atoms with Crippen LogP contribution in [0, 0.1) is 11.6 Å². The van der Waals surface area contributed by atoms with Crippen molar-refractivity contribution in [1.29, 1.82) is 0 Å². The van der Waals surface area contributed by atoms with E-state index in [4.69, 9.17) is 4.74 Å². The van der Waals surface area contributed by atoms with Crippen molar-refractivity contribution in [2.75, 3.05) is 7.11 Å². The van der Waals surface area contributed by atoms with Gasteiger partial charge in [-0.2, -0.15) is 0 Å². The predicted molar refractivity (Wildman–Crippen MR) is 77.8 cm³/mol. The predicted octanol–water partition coefficient (Wildman–Crippen LogP) is 5.22. The van der Waals surface area contributed by atoms with Crippen LogP contribution in [-0.2, 0) is 0 Å². The Labute approximate surface area is 126 Å². The molecule has 0 aromatic heterocycles. The van der Waals surface area contributed by atoms with Crippen LogP contribution in [0.1, 0.15) is 16.0 Å². The summed E-state index contributed by atoms with van der Waals surface area (Å²) in [5, 5.41) is 0. The SMILES string of the molecule is COc1ccc(F)cc1C(Br)c1cccc(F)c1Br. The summed E-state index contributed by atoms with van der Waals surface area (Å²) >= 11 is 6.67. The number of rotatable bonds is 3. The maximum Gasteiger partial charge on any atom is 0.137 e. The van der Waals surface area contributed by atoms with Crippen LogP contribution in [0.2, 0.25) is 0 Å².